The first-order valence-electron chi connectivity index (χ1n) is 10.7. The number of nitrogens with zero attached hydrogens (tertiary/aromatic N) is 3. The summed E-state index contributed by atoms with van der Waals surface area (Å²) < 4.78 is 7.68. The summed E-state index contributed by atoms with van der Waals surface area (Å²) in [5.74, 6) is 0.924. The van der Waals surface area contributed by atoms with Crippen molar-refractivity contribution in [3.05, 3.63) is 69.7 Å². The average Bonchev–Trinajstić information content (AvgIpc) is 3.49. The Morgan fingerprint density at radius 2 is 2.07 bits per heavy atom. The van der Waals surface area contributed by atoms with Crippen molar-refractivity contribution in [1.82, 2.24) is 14.7 Å². The van der Waals surface area contributed by atoms with Crippen LogP contribution >= 0.6 is 11.3 Å². The average molecular weight is 424 g/mol. The molecule has 5 nitrogen and oxygen atoms in total. The zero-order valence-corrected chi connectivity index (χ0v) is 18.5. The van der Waals surface area contributed by atoms with Crippen molar-refractivity contribution in [1.29, 1.82) is 0 Å². The Kier molecular flexibility index (Phi) is 6.53. The Morgan fingerprint density at radius 3 is 2.77 bits per heavy atom. The Labute approximate surface area is 182 Å². The molecule has 0 radical (unpaired) electrons. The predicted octanol–water partition coefficient (Wildman–Crippen LogP) is 5.00. The summed E-state index contributed by atoms with van der Waals surface area (Å²) in [6, 6.07) is 14.5. The second kappa shape index (κ2) is 9.47. The highest BCUT2D eigenvalue weighted by Crippen LogP contribution is 2.27. The largest absolute Gasteiger partial charge is 0.493 e. The zero-order valence-electron chi connectivity index (χ0n) is 17.7. The maximum atomic E-state index is 13.4. The Morgan fingerprint density at radius 1 is 1.23 bits per heavy atom. The molecule has 1 amide bonds. The van der Waals surface area contributed by atoms with Gasteiger partial charge in [0.2, 0.25) is 0 Å². The van der Waals surface area contributed by atoms with Crippen LogP contribution in [-0.4, -0.2) is 33.2 Å². The van der Waals surface area contributed by atoms with E-state index in [9.17, 15) is 4.79 Å². The van der Waals surface area contributed by atoms with Gasteiger partial charge in [-0.3, -0.25) is 9.48 Å². The van der Waals surface area contributed by atoms with E-state index in [4.69, 9.17) is 4.74 Å². The summed E-state index contributed by atoms with van der Waals surface area (Å²) in [6.07, 6.45) is 5.42. The smallest absolute Gasteiger partial charge is 0.272 e. The molecular weight excluding hydrogens is 394 g/mol. The van der Waals surface area contributed by atoms with Crippen LogP contribution in [0.3, 0.4) is 0 Å². The second-order valence-corrected chi connectivity index (χ2v) is 9.02. The molecule has 30 heavy (non-hydrogen) atoms. The van der Waals surface area contributed by atoms with E-state index in [1.165, 1.54) is 17.7 Å². The molecule has 0 N–H and O–H groups in total. The molecule has 2 heterocycles. The highest BCUT2D eigenvalue weighted by Gasteiger charge is 2.29. The van der Waals surface area contributed by atoms with Crippen molar-refractivity contribution < 1.29 is 9.53 Å². The first kappa shape index (κ1) is 20.7. The van der Waals surface area contributed by atoms with Crippen molar-refractivity contribution in [3.8, 4) is 5.75 Å². The minimum atomic E-state index is 0.0639. The van der Waals surface area contributed by atoms with E-state index >= 15 is 0 Å². The topological polar surface area (TPSA) is 47.4 Å². The van der Waals surface area contributed by atoms with E-state index < -0.39 is 0 Å². The lowest BCUT2D eigenvalue weighted by Gasteiger charge is -2.29. The van der Waals surface area contributed by atoms with Gasteiger partial charge in [-0.05, 0) is 55.0 Å². The standard InChI is InChI=1S/C24H29N3O2S/c1-18-15-23(26(2)25-18)24(28)27(20-8-3-4-9-20)17-19-7-5-10-21(16-19)29-13-12-22-11-6-14-30-22/h5-7,10-11,14-16,20H,3-4,8-9,12-13,17H2,1-2H3. The van der Waals surface area contributed by atoms with E-state index in [2.05, 4.69) is 34.7 Å². The fourth-order valence-electron chi connectivity index (χ4n) is 4.20. The molecule has 0 bridgehead atoms. The molecule has 1 fully saturated rings. The Bertz CT molecular complexity index is 974. The minimum absolute atomic E-state index is 0.0639. The van der Waals surface area contributed by atoms with Gasteiger partial charge in [0.25, 0.3) is 5.91 Å². The third-order valence-corrected chi connectivity index (χ3v) is 6.63. The third kappa shape index (κ3) is 4.93. The number of thiophene rings is 1. The summed E-state index contributed by atoms with van der Waals surface area (Å²) in [5, 5.41) is 6.46. The number of rotatable bonds is 8. The van der Waals surface area contributed by atoms with E-state index in [1.807, 2.05) is 37.1 Å². The van der Waals surface area contributed by atoms with Gasteiger partial charge in [-0.1, -0.05) is 31.0 Å². The van der Waals surface area contributed by atoms with Gasteiger partial charge in [-0.25, -0.2) is 0 Å². The number of aromatic nitrogens is 2. The van der Waals surface area contributed by atoms with Crippen LogP contribution in [0, 0.1) is 6.92 Å². The van der Waals surface area contributed by atoms with Gasteiger partial charge in [-0.2, -0.15) is 5.10 Å². The molecule has 6 heteroatoms. The molecule has 0 saturated heterocycles. The number of hydrogen-bond acceptors (Lipinski definition) is 4. The van der Waals surface area contributed by atoms with Gasteiger partial charge in [0.05, 0.1) is 12.3 Å². The minimum Gasteiger partial charge on any atom is -0.493 e. The van der Waals surface area contributed by atoms with Crippen molar-refractivity contribution in [2.75, 3.05) is 6.61 Å². The van der Waals surface area contributed by atoms with Crippen molar-refractivity contribution in [3.63, 3.8) is 0 Å². The number of hydrogen-bond donors (Lipinski definition) is 0. The van der Waals surface area contributed by atoms with Crippen molar-refractivity contribution in [2.24, 2.45) is 7.05 Å². The normalized spacial score (nSPS) is 14.2. The van der Waals surface area contributed by atoms with Crippen LogP contribution < -0.4 is 4.74 Å². The molecular formula is C24H29N3O2S. The lowest BCUT2D eigenvalue weighted by Crippen LogP contribution is -2.39. The van der Waals surface area contributed by atoms with E-state index in [0.717, 1.165) is 36.3 Å². The molecule has 0 aliphatic heterocycles. The number of carbonyl (C=O) groups excluding carboxylic acids is 1. The van der Waals surface area contributed by atoms with E-state index in [1.54, 1.807) is 16.0 Å². The van der Waals surface area contributed by atoms with Gasteiger partial charge in [0.15, 0.2) is 0 Å². The summed E-state index contributed by atoms with van der Waals surface area (Å²) in [4.78, 5) is 16.8. The Balaban J connectivity index is 1.47. The fraction of sp³-hybridized carbons (Fsp3) is 0.417. The third-order valence-electron chi connectivity index (χ3n) is 5.70. The van der Waals surface area contributed by atoms with Gasteiger partial charge >= 0.3 is 0 Å². The van der Waals surface area contributed by atoms with Gasteiger partial charge in [-0.15, -0.1) is 11.3 Å². The van der Waals surface area contributed by atoms with Crippen LogP contribution in [0.5, 0.6) is 5.75 Å². The van der Waals surface area contributed by atoms with Crippen LogP contribution in [0.2, 0.25) is 0 Å². The molecule has 1 aliphatic rings. The van der Waals surface area contributed by atoms with Gasteiger partial charge in [0.1, 0.15) is 11.4 Å². The van der Waals surface area contributed by atoms with Crippen LogP contribution in [0.15, 0.2) is 47.8 Å². The maximum absolute atomic E-state index is 13.4. The molecule has 4 rings (SSSR count). The Hall–Kier alpha value is -2.60. The number of carbonyl (C=O) groups is 1. The highest BCUT2D eigenvalue weighted by molar-refractivity contribution is 7.09. The maximum Gasteiger partial charge on any atom is 0.272 e. The monoisotopic (exact) mass is 423 g/mol. The van der Waals surface area contributed by atoms with E-state index in [0.29, 0.717) is 18.8 Å². The van der Waals surface area contributed by atoms with Crippen molar-refractivity contribution in [2.45, 2.75) is 51.6 Å². The summed E-state index contributed by atoms with van der Waals surface area (Å²) >= 11 is 1.76. The van der Waals surface area contributed by atoms with Crippen LogP contribution in [0.25, 0.3) is 0 Å². The summed E-state index contributed by atoms with van der Waals surface area (Å²) in [7, 11) is 1.84. The van der Waals surface area contributed by atoms with Gasteiger partial charge < -0.3 is 9.64 Å². The molecule has 1 aromatic carbocycles. The zero-order chi connectivity index (χ0) is 20.9. The number of aryl methyl sites for hydroxylation is 2. The SMILES string of the molecule is Cc1cc(C(=O)N(Cc2cccc(OCCc3cccs3)c2)C2CCCC2)n(C)n1. The van der Waals surface area contributed by atoms with Crippen LogP contribution in [0.1, 0.15) is 52.3 Å². The number of ether oxygens (including phenoxy) is 1. The quantitative estimate of drug-likeness (QED) is 0.512. The molecule has 2 aromatic heterocycles. The van der Waals surface area contributed by atoms with E-state index in [-0.39, 0.29) is 11.9 Å². The molecule has 1 aliphatic carbocycles. The van der Waals surface area contributed by atoms with Crippen molar-refractivity contribution >= 4 is 17.2 Å². The molecule has 1 saturated carbocycles. The summed E-state index contributed by atoms with van der Waals surface area (Å²) in [6.45, 7) is 3.17. The lowest BCUT2D eigenvalue weighted by atomic mass is 10.1. The predicted molar refractivity (Wildman–Crippen MR) is 120 cm³/mol. The fourth-order valence-corrected chi connectivity index (χ4v) is 4.89. The molecule has 158 valence electrons. The molecule has 0 atom stereocenters. The van der Waals surface area contributed by atoms with Crippen LogP contribution in [-0.2, 0) is 20.0 Å². The number of benzene rings is 1. The highest BCUT2D eigenvalue weighted by atomic mass is 32.1. The first-order valence-corrected chi connectivity index (χ1v) is 11.5. The van der Waals surface area contributed by atoms with Crippen LogP contribution in [0.4, 0.5) is 0 Å². The lowest BCUT2D eigenvalue weighted by molar-refractivity contribution is 0.0653. The molecule has 3 aromatic rings. The first-order chi connectivity index (χ1) is 14.6. The summed E-state index contributed by atoms with van der Waals surface area (Å²) in [5.41, 5.74) is 2.62. The van der Waals surface area contributed by atoms with Gasteiger partial charge in [0, 0.05) is 30.9 Å². The molecule has 0 unspecified atom stereocenters. The molecule has 0 spiro atoms. The number of amides is 1. The second-order valence-electron chi connectivity index (χ2n) is 7.99.